The van der Waals surface area contributed by atoms with Crippen molar-refractivity contribution in [3.63, 3.8) is 0 Å². The Bertz CT molecular complexity index is 912. The molecule has 28 heavy (non-hydrogen) atoms. The average molecular weight is 418 g/mol. The maximum Gasteiger partial charge on any atom is 0.191 e. The molecule has 148 valence electrons. The number of nitrogens with zero attached hydrogens (tertiary/aromatic N) is 3. The van der Waals surface area contributed by atoms with E-state index < -0.39 is 0 Å². The molecule has 3 rings (SSSR count). The van der Waals surface area contributed by atoms with E-state index in [1.54, 1.807) is 18.9 Å². The second-order valence-electron chi connectivity index (χ2n) is 6.63. The van der Waals surface area contributed by atoms with Gasteiger partial charge >= 0.3 is 0 Å². The summed E-state index contributed by atoms with van der Waals surface area (Å²) in [5.74, 6) is 2.97. The van der Waals surface area contributed by atoms with Crippen molar-refractivity contribution in [1.29, 1.82) is 0 Å². The fourth-order valence-corrected chi connectivity index (χ4v) is 3.99. The first kappa shape index (κ1) is 20.6. The zero-order valence-corrected chi connectivity index (χ0v) is 18.0. The molecule has 1 unspecified atom stereocenters. The van der Waals surface area contributed by atoms with Crippen molar-refractivity contribution in [3.05, 3.63) is 64.9 Å². The molecular formula is C21H24ClN3O2S. The number of benzene rings is 2. The van der Waals surface area contributed by atoms with Crippen molar-refractivity contribution < 1.29 is 9.47 Å². The normalized spacial score (nSPS) is 12.2. The molecule has 3 aromatic rings. The Balaban J connectivity index is 1.78. The van der Waals surface area contributed by atoms with Gasteiger partial charge in [-0.05, 0) is 50.6 Å². The van der Waals surface area contributed by atoms with Gasteiger partial charge in [0.25, 0.3) is 0 Å². The highest BCUT2D eigenvalue weighted by Gasteiger charge is 2.22. The lowest BCUT2D eigenvalue weighted by atomic mass is 10.2. The molecule has 0 N–H and O–H groups in total. The Labute approximate surface area is 175 Å². The van der Waals surface area contributed by atoms with E-state index in [0.29, 0.717) is 11.5 Å². The fourth-order valence-electron chi connectivity index (χ4n) is 2.84. The van der Waals surface area contributed by atoms with Crippen LogP contribution in [0, 0.1) is 0 Å². The van der Waals surface area contributed by atoms with E-state index in [1.807, 2.05) is 55.5 Å². The molecular weight excluding hydrogens is 394 g/mol. The first-order valence-electron chi connectivity index (χ1n) is 9.11. The van der Waals surface area contributed by atoms with Crippen LogP contribution in [-0.4, -0.2) is 21.9 Å². The molecule has 0 spiro atoms. The Morgan fingerprint density at radius 3 is 2.32 bits per heavy atom. The monoisotopic (exact) mass is 417 g/mol. The number of halogens is 1. The quantitative estimate of drug-likeness (QED) is 0.423. The largest absolute Gasteiger partial charge is 0.493 e. The molecule has 5 nitrogen and oxygen atoms in total. The number of rotatable bonds is 8. The van der Waals surface area contributed by atoms with E-state index in [4.69, 9.17) is 21.1 Å². The van der Waals surface area contributed by atoms with Crippen LogP contribution in [0.25, 0.3) is 0 Å². The molecule has 1 aromatic heterocycles. The van der Waals surface area contributed by atoms with Gasteiger partial charge in [-0.15, -0.1) is 10.2 Å². The van der Waals surface area contributed by atoms with Crippen LogP contribution < -0.4 is 9.47 Å². The lowest BCUT2D eigenvalue weighted by Gasteiger charge is -2.19. The number of hydrogen-bond acceptors (Lipinski definition) is 5. The molecule has 1 atom stereocenters. The van der Waals surface area contributed by atoms with Crippen LogP contribution in [0.15, 0.2) is 53.7 Å². The number of para-hydroxylation sites is 2. The fraction of sp³-hybridized carbons (Fsp3) is 0.333. The summed E-state index contributed by atoms with van der Waals surface area (Å²) in [4.78, 5) is 0. The molecule has 0 amide bonds. The van der Waals surface area contributed by atoms with E-state index >= 15 is 0 Å². The molecule has 0 bridgehead atoms. The smallest absolute Gasteiger partial charge is 0.191 e. The highest BCUT2D eigenvalue weighted by Crippen LogP contribution is 2.33. The van der Waals surface area contributed by atoms with Gasteiger partial charge < -0.3 is 14.0 Å². The second kappa shape index (κ2) is 9.34. The van der Waals surface area contributed by atoms with Crippen molar-refractivity contribution in [2.45, 2.75) is 43.8 Å². The first-order chi connectivity index (χ1) is 13.5. The predicted octanol–water partition coefficient (Wildman–Crippen LogP) is 5.95. The van der Waals surface area contributed by atoms with E-state index in [9.17, 15) is 0 Å². The van der Waals surface area contributed by atoms with Crippen LogP contribution in [0.1, 0.15) is 44.3 Å². The van der Waals surface area contributed by atoms with Crippen LogP contribution in [0.3, 0.4) is 0 Å². The average Bonchev–Trinajstić information content (AvgIpc) is 3.12. The van der Waals surface area contributed by atoms with Crippen molar-refractivity contribution in [1.82, 2.24) is 14.8 Å². The Kier molecular flexibility index (Phi) is 6.86. The number of ether oxygens (including phenoxy) is 2. The molecule has 0 aliphatic carbocycles. The summed E-state index contributed by atoms with van der Waals surface area (Å²) in [6.07, 6.45) is -0.268. The van der Waals surface area contributed by atoms with Crippen LogP contribution >= 0.6 is 23.4 Å². The van der Waals surface area contributed by atoms with Crippen molar-refractivity contribution in [2.75, 3.05) is 7.11 Å². The van der Waals surface area contributed by atoms with Crippen molar-refractivity contribution in [2.24, 2.45) is 0 Å². The Morgan fingerprint density at radius 2 is 1.68 bits per heavy atom. The van der Waals surface area contributed by atoms with Gasteiger partial charge in [-0.1, -0.05) is 47.6 Å². The zero-order chi connectivity index (χ0) is 20.1. The van der Waals surface area contributed by atoms with Gasteiger partial charge in [0.2, 0.25) is 0 Å². The predicted molar refractivity (Wildman–Crippen MR) is 113 cm³/mol. The summed E-state index contributed by atoms with van der Waals surface area (Å²) < 4.78 is 13.6. The van der Waals surface area contributed by atoms with Crippen LogP contribution in [0.4, 0.5) is 0 Å². The van der Waals surface area contributed by atoms with Gasteiger partial charge in [0.1, 0.15) is 0 Å². The molecule has 0 saturated heterocycles. The minimum atomic E-state index is -0.268. The van der Waals surface area contributed by atoms with E-state index in [2.05, 4.69) is 28.6 Å². The van der Waals surface area contributed by atoms with Crippen LogP contribution in [0.5, 0.6) is 11.5 Å². The Hall–Kier alpha value is -2.18. The van der Waals surface area contributed by atoms with Gasteiger partial charge in [-0.3, -0.25) is 0 Å². The zero-order valence-electron chi connectivity index (χ0n) is 16.4. The van der Waals surface area contributed by atoms with E-state index in [1.165, 1.54) is 5.56 Å². The highest BCUT2D eigenvalue weighted by atomic mass is 35.5. The van der Waals surface area contributed by atoms with Gasteiger partial charge in [0, 0.05) is 16.8 Å². The molecule has 7 heteroatoms. The van der Waals surface area contributed by atoms with Gasteiger partial charge in [0.05, 0.1) is 7.11 Å². The van der Waals surface area contributed by atoms with Crippen LogP contribution in [-0.2, 0) is 5.75 Å². The molecule has 0 saturated carbocycles. The topological polar surface area (TPSA) is 49.2 Å². The summed E-state index contributed by atoms with van der Waals surface area (Å²) in [7, 11) is 1.63. The molecule has 0 aliphatic rings. The SMILES string of the molecule is COc1ccccc1OC(C)c1nnc(SCc2ccc(Cl)cc2)n1C(C)C. The van der Waals surface area contributed by atoms with Crippen molar-refractivity contribution in [3.8, 4) is 11.5 Å². The van der Waals surface area contributed by atoms with Gasteiger partial charge in [-0.25, -0.2) is 0 Å². The maximum absolute atomic E-state index is 6.13. The third-order valence-electron chi connectivity index (χ3n) is 4.22. The molecule has 0 radical (unpaired) electrons. The third-order valence-corrected chi connectivity index (χ3v) is 5.49. The molecule has 2 aromatic carbocycles. The number of methoxy groups -OCH3 is 1. The lowest BCUT2D eigenvalue weighted by molar-refractivity contribution is 0.198. The summed E-state index contributed by atoms with van der Waals surface area (Å²) in [5, 5.41) is 10.4. The number of aromatic nitrogens is 3. The van der Waals surface area contributed by atoms with Gasteiger partial charge in [0.15, 0.2) is 28.6 Å². The minimum Gasteiger partial charge on any atom is -0.493 e. The van der Waals surface area contributed by atoms with E-state index in [0.717, 1.165) is 21.8 Å². The van der Waals surface area contributed by atoms with E-state index in [-0.39, 0.29) is 12.1 Å². The second-order valence-corrected chi connectivity index (χ2v) is 8.01. The highest BCUT2D eigenvalue weighted by molar-refractivity contribution is 7.98. The first-order valence-corrected chi connectivity index (χ1v) is 10.5. The third kappa shape index (κ3) is 4.80. The molecule has 0 fully saturated rings. The van der Waals surface area contributed by atoms with Crippen molar-refractivity contribution >= 4 is 23.4 Å². The lowest BCUT2D eigenvalue weighted by Crippen LogP contribution is -2.14. The minimum absolute atomic E-state index is 0.210. The van der Waals surface area contributed by atoms with Gasteiger partial charge in [-0.2, -0.15) is 0 Å². The standard InChI is InChI=1S/C21H24ClN3O2S/c1-14(2)25-20(15(3)27-19-8-6-5-7-18(19)26-4)23-24-21(25)28-13-16-9-11-17(22)12-10-16/h5-12,14-15H,13H2,1-4H3. The maximum atomic E-state index is 6.13. The molecule has 0 aliphatic heterocycles. The molecule has 1 heterocycles. The van der Waals surface area contributed by atoms with Crippen LogP contribution in [0.2, 0.25) is 5.02 Å². The summed E-state index contributed by atoms with van der Waals surface area (Å²) in [6, 6.07) is 15.7. The summed E-state index contributed by atoms with van der Waals surface area (Å²) in [6.45, 7) is 6.22. The summed E-state index contributed by atoms with van der Waals surface area (Å²) >= 11 is 7.62. The summed E-state index contributed by atoms with van der Waals surface area (Å²) in [5.41, 5.74) is 1.19. The number of hydrogen-bond donors (Lipinski definition) is 0. The Morgan fingerprint density at radius 1 is 1.00 bits per heavy atom. The number of thioether (sulfide) groups is 1.